The van der Waals surface area contributed by atoms with Crippen molar-refractivity contribution in [2.45, 2.75) is 77.2 Å². The van der Waals surface area contributed by atoms with E-state index in [1.54, 1.807) is 0 Å². The molecule has 148 valence electrons. The van der Waals surface area contributed by atoms with Gasteiger partial charge in [-0.15, -0.1) is 0 Å². The highest BCUT2D eigenvalue weighted by Gasteiger charge is 2.58. The van der Waals surface area contributed by atoms with E-state index < -0.39 is 17.0 Å². The number of esters is 2. The van der Waals surface area contributed by atoms with Crippen molar-refractivity contribution in [3.05, 3.63) is 12.2 Å². The van der Waals surface area contributed by atoms with Gasteiger partial charge in [0.2, 0.25) is 0 Å². The predicted molar refractivity (Wildman–Crippen MR) is 101 cm³/mol. The number of allylic oxidation sites excluding steroid dienone is 1. The number of fused-ring (bicyclic) bond motifs is 2. The van der Waals surface area contributed by atoms with E-state index in [0.29, 0.717) is 5.92 Å². The Labute approximate surface area is 162 Å². The molecule has 0 aliphatic heterocycles. The molecule has 4 heteroatoms. The maximum Gasteiger partial charge on any atom is 0.344 e. The smallest absolute Gasteiger partial charge is 0.344 e. The molecule has 0 aromatic heterocycles. The Hall–Kier alpha value is -1.32. The summed E-state index contributed by atoms with van der Waals surface area (Å²) < 4.78 is 11.4. The lowest BCUT2D eigenvalue weighted by Crippen LogP contribution is -2.57. The third kappa shape index (κ3) is 2.77. The highest BCUT2D eigenvalue weighted by molar-refractivity contribution is 5.83. The molecule has 0 N–H and O–H groups in total. The molecule has 5 saturated carbocycles. The summed E-state index contributed by atoms with van der Waals surface area (Å²) in [6, 6.07) is 0. The van der Waals surface area contributed by atoms with Crippen molar-refractivity contribution < 1.29 is 19.1 Å². The maximum absolute atomic E-state index is 12.6. The number of carbonyl (C=O) groups is 2. The van der Waals surface area contributed by atoms with Gasteiger partial charge in [-0.1, -0.05) is 12.2 Å². The summed E-state index contributed by atoms with van der Waals surface area (Å²) in [5.41, 5.74) is -0.843. The van der Waals surface area contributed by atoms with Crippen LogP contribution in [-0.2, 0) is 19.1 Å². The molecule has 0 spiro atoms. The Bertz CT molecular complexity index is 655. The minimum atomic E-state index is -0.490. The van der Waals surface area contributed by atoms with Crippen LogP contribution >= 0.6 is 0 Å². The minimum Gasteiger partial charge on any atom is -0.457 e. The molecular weight excluding hydrogens is 340 g/mol. The van der Waals surface area contributed by atoms with Crippen LogP contribution < -0.4 is 0 Å². The van der Waals surface area contributed by atoms with Crippen molar-refractivity contribution in [3.63, 3.8) is 0 Å². The van der Waals surface area contributed by atoms with Crippen molar-refractivity contribution in [3.8, 4) is 0 Å². The normalized spacial score (nSPS) is 43.9. The third-order valence-corrected chi connectivity index (χ3v) is 8.69. The standard InChI is InChI=1S/C23H32O4/c1-21(2,23-11-16-7-17(12-23)9-18(8-16)13-23)27-19(24)14-26-20(25)22-5-3-15(10-22)4-6-22/h3,5,15-18H,4,6-14H2,1-2H3. The van der Waals surface area contributed by atoms with E-state index in [0.717, 1.165) is 37.0 Å². The Kier molecular flexibility index (Phi) is 3.84. The SMILES string of the molecule is CC(C)(OC(=O)COC(=O)C12C=CC(CC1)C2)C12CC3CC(CC(C3)C1)C2. The summed E-state index contributed by atoms with van der Waals surface area (Å²) in [7, 11) is 0. The number of rotatable bonds is 5. The van der Waals surface area contributed by atoms with E-state index >= 15 is 0 Å². The summed E-state index contributed by atoms with van der Waals surface area (Å²) in [6.45, 7) is 3.91. The van der Waals surface area contributed by atoms with Crippen LogP contribution in [0.2, 0.25) is 0 Å². The molecule has 0 amide bonds. The zero-order valence-electron chi connectivity index (χ0n) is 16.7. The van der Waals surface area contributed by atoms with Gasteiger partial charge in [-0.2, -0.15) is 0 Å². The van der Waals surface area contributed by atoms with Crippen LogP contribution in [0.1, 0.15) is 71.6 Å². The second-order valence-corrected chi connectivity index (χ2v) is 10.8. The van der Waals surface area contributed by atoms with Gasteiger partial charge in [-0.25, -0.2) is 4.79 Å². The van der Waals surface area contributed by atoms with Gasteiger partial charge >= 0.3 is 11.9 Å². The van der Waals surface area contributed by atoms with Crippen LogP contribution in [0.15, 0.2) is 12.2 Å². The fraction of sp³-hybridized carbons (Fsp3) is 0.826. The Balaban J connectivity index is 1.20. The molecule has 6 bridgehead atoms. The average molecular weight is 373 g/mol. The van der Waals surface area contributed by atoms with Crippen molar-refractivity contribution in [1.29, 1.82) is 0 Å². The van der Waals surface area contributed by atoms with Gasteiger partial charge in [0.05, 0.1) is 5.41 Å². The molecule has 27 heavy (non-hydrogen) atoms. The lowest BCUT2D eigenvalue weighted by molar-refractivity contribution is -0.203. The largest absolute Gasteiger partial charge is 0.457 e. The summed E-state index contributed by atoms with van der Waals surface area (Å²) >= 11 is 0. The average Bonchev–Trinajstić information content (AvgIpc) is 3.20. The number of hydrogen-bond donors (Lipinski definition) is 0. The first kappa shape index (κ1) is 17.8. The van der Waals surface area contributed by atoms with Gasteiger partial charge in [0, 0.05) is 5.41 Å². The van der Waals surface area contributed by atoms with Crippen LogP contribution in [-0.4, -0.2) is 24.1 Å². The van der Waals surface area contributed by atoms with Crippen LogP contribution in [0.5, 0.6) is 0 Å². The zero-order chi connectivity index (χ0) is 18.9. The molecule has 6 aliphatic rings. The first-order valence-corrected chi connectivity index (χ1v) is 10.9. The number of ether oxygens (including phenoxy) is 2. The first-order valence-electron chi connectivity index (χ1n) is 10.9. The summed E-state index contributed by atoms with van der Waals surface area (Å²) in [5.74, 6) is 2.32. The molecule has 0 aromatic rings. The van der Waals surface area contributed by atoms with Gasteiger partial charge in [0.25, 0.3) is 0 Å². The van der Waals surface area contributed by atoms with E-state index in [4.69, 9.17) is 9.47 Å². The van der Waals surface area contributed by atoms with Gasteiger partial charge in [-0.05, 0) is 95.3 Å². The number of hydrogen-bond acceptors (Lipinski definition) is 4. The van der Waals surface area contributed by atoms with E-state index in [-0.39, 0.29) is 18.0 Å². The summed E-state index contributed by atoms with van der Waals surface area (Å²) in [5, 5.41) is 0. The van der Waals surface area contributed by atoms with Crippen LogP contribution in [0.3, 0.4) is 0 Å². The topological polar surface area (TPSA) is 52.6 Å². The van der Waals surface area contributed by atoms with Gasteiger partial charge in [0.15, 0.2) is 6.61 Å². The molecule has 2 unspecified atom stereocenters. The van der Waals surface area contributed by atoms with E-state index in [9.17, 15) is 9.59 Å². The molecule has 5 fully saturated rings. The lowest BCUT2D eigenvalue weighted by atomic mass is 9.46. The highest BCUT2D eigenvalue weighted by atomic mass is 16.6. The van der Waals surface area contributed by atoms with Gasteiger partial charge < -0.3 is 9.47 Å². The quantitative estimate of drug-likeness (QED) is 0.529. The molecule has 0 saturated heterocycles. The number of carbonyl (C=O) groups excluding carboxylic acids is 2. The van der Waals surface area contributed by atoms with E-state index in [1.165, 1.54) is 38.5 Å². The lowest BCUT2D eigenvalue weighted by Gasteiger charge is -2.61. The monoisotopic (exact) mass is 372 g/mol. The fourth-order valence-corrected chi connectivity index (χ4v) is 7.54. The van der Waals surface area contributed by atoms with Crippen LogP contribution in [0, 0.1) is 34.5 Å². The Morgan fingerprint density at radius 2 is 1.67 bits per heavy atom. The Morgan fingerprint density at radius 3 is 2.15 bits per heavy atom. The van der Waals surface area contributed by atoms with E-state index in [1.807, 2.05) is 6.08 Å². The zero-order valence-corrected chi connectivity index (χ0v) is 16.7. The fourth-order valence-electron chi connectivity index (χ4n) is 7.54. The summed E-state index contributed by atoms with van der Waals surface area (Å²) in [4.78, 5) is 25.1. The van der Waals surface area contributed by atoms with Crippen molar-refractivity contribution in [2.75, 3.05) is 6.61 Å². The third-order valence-electron chi connectivity index (χ3n) is 8.69. The molecule has 0 heterocycles. The van der Waals surface area contributed by atoms with Crippen molar-refractivity contribution in [2.24, 2.45) is 34.5 Å². The van der Waals surface area contributed by atoms with Crippen LogP contribution in [0.25, 0.3) is 0 Å². The molecule has 0 radical (unpaired) electrons. The highest BCUT2D eigenvalue weighted by Crippen LogP contribution is 2.64. The van der Waals surface area contributed by atoms with Gasteiger partial charge in [0.1, 0.15) is 5.60 Å². The van der Waals surface area contributed by atoms with Crippen molar-refractivity contribution >= 4 is 11.9 Å². The minimum absolute atomic E-state index is 0.118. The molecule has 4 nitrogen and oxygen atoms in total. The van der Waals surface area contributed by atoms with Gasteiger partial charge in [-0.3, -0.25) is 4.79 Å². The predicted octanol–water partition coefficient (Wildman–Crippen LogP) is 4.42. The molecule has 0 aromatic carbocycles. The molecule has 2 atom stereocenters. The molecule has 6 rings (SSSR count). The second kappa shape index (κ2) is 5.84. The molecule has 6 aliphatic carbocycles. The molecular formula is C23H32O4. The van der Waals surface area contributed by atoms with E-state index in [2.05, 4.69) is 19.9 Å². The second-order valence-electron chi connectivity index (χ2n) is 10.8. The first-order chi connectivity index (χ1) is 12.8. The van der Waals surface area contributed by atoms with Crippen molar-refractivity contribution in [1.82, 2.24) is 0 Å². The Morgan fingerprint density at radius 1 is 1.04 bits per heavy atom. The summed E-state index contributed by atoms with van der Waals surface area (Å²) in [6.07, 6.45) is 14.5. The maximum atomic E-state index is 12.6. The van der Waals surface area contributed by atoms with Crippen LogP contribution in [0.4, 0.5) is 0 Å².